The van der Waals surface area contributed by atoms with Crippen LogP contribution in [0.15, 0.2) is 40.9 Å². The molecule has 2 aromatic rings. The first-order valence-corrected chi connectivity index (χ1v) is 11.5. The molecule has 2 aromatic carbocycles. The third-order valence-corrected chi connectivity index (χ3v) is 5.84. The van der Waals surface area contributed by atoms with Crippen LogP contribution in [-0.4, -0.2) is 26.2 Å². The number of halogens is 2. The number of ether oxygens (including phenoxy) is 1. The zero-order valence-corrected chi connectivity index (χ0v) is 19.5. The molecule has 0 saturated carbocycles. The van der Waals surface area contributed by atoms with Gasteiger partial charge in [-0.15, -0.1) is 0 Å². The standard InChI is InChI=1S/C24H30BrClN2O/c1-17(2)16-29-23-10-18(3-4-21-5-6-22(26)12-24(21)25)9-20(11-23)15-28-14-19-7-8-27-13-19/h3-6,9-12,17,19,27-28H,7-8,13-16H2,1-2H3/b4-3+. The van der Waals surface area contributed by atoms with Crippen LogP contribution in [0.3, 0.4) is 0 Å². The van der Waals surface area contributed by atoms with Crippen LogP contribution in [0.1, 0.15) is 37.0 Å². The Bertz CT molecular complexity index is 832. The summed E-state index contributed by atoms with van der Waals surface area (Å²) in [6.07, 6.45) is 5.48. The van der Waals surface area contributed by atoms with E-state index >= 15 is 0 Å². The molecule has 1 aliphatic heterocycles. The van der Waals surface area contributed by atoms with Gasteiger partial charge in [0, 0.05) is 16.0 Å². The number of hydrogen-bond acceptors (Lipinski definition) is 3. The molecule has 1 aliphatic rings. The summed E-state index contributed by atoms with van der Waals surface area (Å²) in [7, 11) is 0. The van der Waals surface area contributed by atoms with Crippen molar-refractivity contribution in [2.24, 2.45) is 11.8 Å². The molecule has 0 amide bonds. The lowest BCUT2D eigenvalue weighted by molar-refractivity contribution is 0.270. The molecule has 29 heavy (non-hydrogen) atoms. The smallest absolute Gasteiger partial charge is 0.120 e. The Balaban J connectivity index is 1.72. The van der Waals surface area contributed by atoms with Crippen molar-refractivity contribution < 1.29 is 4.74 Å². The first kappa shape index (κ1) is 22.4. The Kier molecular flexibility index (Phi) is 8.61. The normalized spacial score (nSPS) is 16.8. The molecule has 2 N–H and O–H groups in total. The molecule has 1 atom stereocenters. The van der Waals surface area contributed by atoms with E-state index in [0.29, 0.717) is 5.92 Å². The van der Waals surface area contributed by atoms with Gasteiger partial charge < -0.3 is 15.4 Å². The molecule has 0 bridgehead atoms. The van der Waals surface area contributed by atoms with Crippen LogP contribution < -0.4 is 15.4 Å². The van der Waals surface area contributed by atoms with Crippen molar-refractivity contribution in [1.82, 2.24) is 10.6 Å². The Morgan fingerprint density at radius 1 is 1.24 bits per heavy atom. The van der Waals surface area contributed by atoms with E-state index in [4.69, 9.17) is 16.3 Å². The number of hydrogen-bond donors (Lipinski definition) is 2. The minimum atomic E-state index is 0.496. The molecule has 0 aromatic heterocycles. The maximum absolute atomic E-state index is 6.05. The van der Waals surface area contributed by atoms with Crippen LogP contribution in [0.2, 0.25) is 5.02 Å². The van der Waals surface area contributed by atoms with Gasteiger partial charge in [-0.25, -0.2) is 0 Å². The highest BCUT2D eigenvalue weighted by atomic mass is 79.9. The molecule has 1 unspecified atom stereocenters. The second kappa shape index (κ2) is 11.2. The highest BCUT2D eigenvalue weighted by molar-refractivity contribution is 9.10. The van der Waals surface area contributed by atoms with Crippen molar-refractivity contribution in [2.45, 2.75) is 26.8 Å². The minimum absolute atomic E-state index is 0.496. The van der Waals surface area contributed by atoms with Crippen molar-refractivity contribution in [1.29, 1.82) is 0 Å². The van der Waals surface area contributed by atoms with E-state index in [0.717, 1.165) is 65.1 Å². The molecule has 5 heteroatoms. The second-order valence-electron chi connectivity index (χ2n) is 8.10. The average Bonchev–Trinajstić information content (AvgIpc) is 3.19. The van der Waals surface area contributed by atoms with Gasteiger partial charge in [0.15, 0.2) is 0 Å². The quantitative estimate of drug-likeness (QED) is 0.434. The number of benzene rings is 2. The Morgan fingerprint density at radius 2 is 2.10 bits per heavy atom. The highest BCUT2D eigenvalue weighted by Gasteiger charge is 2.13. The van der Waals surface area contributed by atoms with Crippen LogP contribution in [0.5, 0.6) is 5.75 Å². The van der Waals surface area contributed by atoms with Crippen LogP contribution in [-0.2, 0) is 6.54 Å². The Morgan fingerprint density at radius 3 is 2.83 bits per heavy atom. The monoisotopic (exact) mass is 476 g/mol. The van der Waals surface area contributed by atoms with Crippen molar-refractivity contribution in [2.75, 3.05) is 26.2 Å². The van der Waals surface area contributed by atoms with Gasteiger partial charge >= 0.3 is 0 Å². The predicted octanol–water partition coefficient (Wildman–Crippen LogP) is 6.01. The molecular formula is C24H30BrClN2O. The molecule has 1 heterocycles. The topological polar surface area (TPSA) is 33.3 Å². The van der Waals surface area contributed by atoms with Gasteiger partial charge in [0.1, 0.15) is 5.75 Å². The molecule has 0 spiro atoms. The largest absolute Gasteiger partial charge is 0.493 e. The highest BCUT2D eigenvalue weighted by Crippen LogP contribution is 2.25. The van der Waals surface area contributed by atoms with Gasteiger partial charge in [-0.3, -0.25) is 0 Å². The lowest BCUT2D eigenvalue weighted by Gasteiger charge is -2.13. The summed E-state index contributed by atoms with van der Waals surface area (Å²) in [5.41, 5.74) is 3.47. The van der Waals surface area contributed by atoms with Gasteiger partial charge in [-0.2, -0.15) is 0 Å². The minimum Gasteiger partial charge on any atom is -0.493 e. The number of rotatable bonds is 9. The summed E-state index contributed by atoms with van der Waals surface area (Å²) in [6.45, 7) is 9.21. The van der Waals surface area contributed by atoms with Crippen molar-refractivity contribution >= 4 is 39.7 Å². The maximum Gasteiger partial charge on any atom is 0.120 e. The average molecular weight is 478 g/mol. The number of nitrogens with one attached hydrogen (secondary N) is 2. The lowest BCUT2D eigenvalue weighted by atomic mass is 10.1. The fraction of sp³-hybridized carbons (Fsp3) is 0.417. The summed E-state index contributed by atoms with van der Waals surface area (Å²) in [4.78, 5) is 0. The van der Waals surface area contributed by atoms with Crippen molar-refractivity contribution in [3.05, 3.63) is 62.6 Å². The van der Waals surface area contributed by atoms with Crippen LogP contribution in [0.4, 0.5) is 0 Å². The molecule has 3 nitrogen and oxygen atoms in total. The SMILES string of the molecule is CC(C)COc1cc(/C=C/c2ccc(Cl)cc2Br)cc(CNCC2CCNC2)c1. The van der Waals surface area contributed by atoms with Crippen LogP contribution in [0, 0.1) is 11.8 Å². The fourth-order valence-corrected chi connectivity index (χ4v) is 4.18. The first-order chi connectivity index (χ1) is 14.0. The molecular weight excluding hydrogens is 448 g/mol. The summed E-state index contributed by atoms with van der Waals surface area (Å²) in [5.74, 6) is 2.16. The van der Waals surface area contributed by atoms with Crippen LogP contribution >= 0.6 is 27.5 Å². The van der Waals surface area contributed by atoms with E-state index in [2.05, 4.69) is 70.8 Å². The van der Waals surface area contributed by atoms with E-state index in [1.807, 2.05) is 18.2 Å². The fourth-order valence-electron chi connectivity index (χ4n) is 3.36. The molecule has 3 rings (SSSR count). The van der Waals surface area contributed by atoms with Gasteiger partial charge in [0.25, 0.3) is 0 Å². The van der Waals surface area contributed by atoms with Crippen molar-refractivity contribution in [3.63, 3.8) is 0 Å². The van der Waals surface area contributed by atoms with E-state index in [9.17, 15) is 0 Å². The summed E-state index contributed by atoms with van der Waals surface area (Å²) in [5, 5.41) is 7.76. The second-order valence-corrected chi connectivity index (χ2v) is 9.39. The zero-order chi connectivity index (χ0) is 20.6. The molecule has 0 radical (unpaired) electrons. The zero-order valence-electron chi connectivity index (χ0n) is 17.2. The summed E-state index contributed by atoms with van der Waals surface area (Å²) in [6, 6.07) is 12.3. The third-order valence-electron chi connectivity index (χ3n) is 4.91. The van der Waals surface area contributed by atoms with Gasteiger partial charge in [0.05, 0.1) is 6.61 Å². The van der Waals surface area contributed by atoms with E-state index in [1.165, 1.54) is 12.0 Å². The van der Waals surface area contributed by atoms with Gasteiger partial charge in [0.2, 0.25) is 0 Å². The van der Waals surface area contributed by atoms with E-state index in [1.54, 1.807) is 0 Å². The Hall–Kier alpha value is -1.33. The molecule has 1 saturated heterocycles. The third kappa shape index (κ3) is 7.45. The molecule has 1 fully saturated rings. The summed E-state index contributed by atoms with van der Waals surface area (Å²) >= 11 is 9.63. The van der Waals surface area contributed by atoms with Gasteiger partial charge in [-0.05, 0) is 78.8 Å². The lowest BCUT2D eigenvalue weighted by Crippen LogP contribution is -2.24. The molecule has 156 valence electrons. The van der Waals surface area contributed by atoms with E-state index < -0.39 is 0 Å². The Labute approximate surface area is 188 Å². The van der Waals surface area contributed by atoms with Crippen molar-refractivity contribution in [3.8, 4) is 5.75 Å². The van der Waals surface area contributed by atoms with Crippen LogP contribution in [0.25, 0.3) is 12.2 Å². The predicted molar refractivity (Wildman–Crippen MR) is 128 cm³/mol. The summed E-state index contributed by atoms with van der Waals surface area (Å²) < 4.78 is 7.01. The van der Waals surface area contributed by atoms with Gasteiger partial charge in [-0.1, -0.05) is 65.7 Å². The van der Waals surface area contributed by atoms with E-state index in [-0.39, 0.29) is 0 Å². The first-order valence-electron chi connectivity index (χ1n) is 10.3. The maximum atomic E-state index is 6.05. The molecule has 0 aliphatic carbocycles.